The van der Waals surface area contributed by atoms with Crippen molar-refractivity contribution in [3.63, 3.8) is 0 Å². The van der Waals surface area contributed by atoms with E-state index in [2.05, 4.69) is 10.5 Å². The number of carbonyl (C=O) groups is 1. The Hall–Kier alpha value is -2.52. The van der Waals surface area contributed by atoms with Crippen LogP contribution in [0.3, 0.4) is 0 Å². The molecule has 4 rings (SSSR count). The van der Waals surface area contributed by atoms with Crippen molar-refractivity contribution >= 4 is 28.1 Å². The molecule has 0 radical (unpaired) electrons. The molecule has 190 valence electrons. The van der Waals surface area contributed by atoms with Gasteiger partial charge in [-0.2, -0.15) is 4.31 Å². The van der Waals surface area contributed by atoms with Crippen LogP contribution in [0.1, 0.15) is 74.8 Å². The Balaban J connectivity index is 1.48. The molecule has 1 amide bonds. The van der Waals surface area contributed by atoms with Gasteiger partial charge < -0.3 is 9.84 Å². The maximum Gasteiger partial charge on any atom is 0.248 e. The monoisotopic (exact) mass is 503 g/mol. The van der Waals surface area contributed by atoms with Gasteiger partial charge in [0, 0.05) is 24.7 Å². The summed E-state index contributed by atoms with van der Waals surface area (Å²) in [5.41, 5.74) is 0.549. The van der Waals surface area contributed by atoms with Gasteiger partial charge in [0.25, 0.3) is 0 Å². The molecule has 1 aliphatic heterocycles. The van der Waals surface area contributed by atoms with Crippen LogP contribution in [-0.4, -0.2) is 42.9 Å². The van der Waals surface area contributed by atoms with E-state index in [1.807, 2.05) is 0 Å². The summed E-state index contributed by atoms with van der Waals surface area (Å²) in [6.07, 6.45) is 12.0. The van der Waals surface area contributed by atoms with Crippen LogP contribution in [0.25, 0.3) is 12.2 Å². The SMILES string of the molecule is Cc1noc(/C=C/c2ccccc2F)c1S(=O)(=O)N1CCCC(C(=O)NC2CCCCCCC2)C1. The first-order chi connectivity index (χ1) is 16.9. The van der Waals surface area contributed by atoms with Gasteiger partial charge in [-0.05, 0) is 50.8 Å². The number of hydrogen-bond donors (Lipinski definition) is 1. The summed E-state index contributed by atoms with van der Waals surface area (Å²) >= 11 is 0. The van der Waals surface area contributed by atoms with E-state index < -0.39 is 15.8 Å². The maximum absolute atomic E-state index is 14.0. The smallest absolute Gasteiger partial charge is 0.248 e. The first kappa shape index (κ1) is 25.6. The average molecular weight is 504 g/mol. The Morgan fingerprint density at radius 1 is 1.09 bits per heavy atom. The van der Waals surface area contributed by atoms with Gasteiger partial charge in [-0.1, -0.05) is 55.5 Å². The van der Waals surface area contributed by atoms with Crippen molar-refractivity contribution in [2.45, 2.75) is 75.6 Å². The van der Waals surface area contributed by atoms with Gasteiger partial charge in [-0.15, -0.1) is 0 Å². The Morgan fingerprint density at radius 3 is 2.54 bits per heavy atom. The van der Waals surface area contributed by atoms with E-state index in [1.165, 1.54) is 41.8 Å². The summed E-state index contributed by atoms with van der Waals surface area (Å²) in [7, 11) is -3.95. The van der Waals surface area contributed by atoms with Crippen LogP contribution in [0.2, 0.25) is 0 Å². The van der Waals surface area contributed by atoms with E-state index in [1.54, 1.807) is 25.1 Å². The lowest BCUT2D eigenvalue weighted by Gasteiger charge is -2.32. The first-order valence-electron chi connectivity index (χ1n) is 12.6. The van der Waals surface area contributed by atoms with E-state index >= 15 is 0 Å². The van der Waals surface area contributed by atoms with Crippen LogP contribution < -0.4 is 5.32 Å². The molecule has 9 heteroatoms. The van der Waals surface area contributed by atoms with Crippen LogP contribution in [0.15, 0.2) is 33.7 Å². The Kier molecular flexibility index (Phi) is 8.38. The molecule has 1 saturated carbocycles. The maximum atomic E-state index is 14.0. The second-order valence-corrected chi connectivity index (χ2v) is 11.4. The average Bonchev–Trinajstić information content (AvgIpc) is 3.21. The number of aromatic nitrogens is 1. The normalized spacial score (nSPS) is 21.0. The predicted octanol–water partition coefficient (Wildman–Crippen LogP) is 4.92. The van der Waals surface area contributed by atoms with Gasteiger partial charge in [0.2, 0.25) is 15.9 Å². The quantitative estimate of drug-likeness (QED) is 0.604. The molecule has 35 heavy (non-hydrogen) atoms. The highest BCUT2D eigenvalue weighted by atomic mass is 32.2. The highest BCUT2D eigenvalue weighted by Crippen LogP contribution is 2.30. The number of halogens is 1. The second kappa shape index (κ2) is 11.5. The largest absolute Gasteiger partial charge is 0.355 e. The van der Waals surface area contributed by atoms with Crippen LogP contribution in [0, 0.1) is 18.7 Å². The van der Waals surface area contributed by atoms with E-state index in [0.717, 1.165) is 25.7 Å². The lowest BCUT2D eigenvalue weighted by molar-refractivity contribution is -0.126. The molecule has 0 bridgehead atoms. The summed E-state index contributed by atoms with van der Waals surface area (Å²) in [5, 5.41) is 7.05. The number of nitrogens with one attached hydrogen (secondary N) is 1. The minimum Gasteiger partial charge on any atom is -0.355 e. The molecule has 2 aromatic rings. The van der Waals surface area contributed by atoms with Gasteiger partial charge in [0.15, 0.2) is 10.7 Å². The number of rotatable bonds is 6. The van der Waals surface area contributed by atoms with Crippen molar-refractivity contribution < 1.29 is 22.1 Å². The number of sulfonamides is 1. The molecule has 1 atom stereocenters. The molecule has 1 aliphatic carbocycles. The van der Waals surface area contributed by atoms with Crippen molar-refractivity contribution in [2.24, 2.45) is 5.92 Å². The number of nitrogens with zero attached hydrogens (tertiary/aromatic N) is 2. The van der Waals surface area contributed by atoms with Crippen LogP contribution >= 0.6 is 0 Å². The van der Waals surface area contributed by atoms with Crippen molar-refractivity contribution in [1.82, 2.24) is 14.8 Å². The third-order valence-corrected chi connectivity index (χ3v) is 8.98. The summed E-state index contributed by atoms with van der Waals surface area (Å²) in [6.45, 7) is 2.03. The molecule has 2 heterocycles. The van der Waals surface area contributed by atoms with Crippen LogP contribution in [0.4, 0.5) is 4.39 Å². The number of piperidine rings is 1. The highest BCUT2D eigenvalue weighted by Gasteiger charge is 2.37. The van der Waals surface area contributed by atoms with E-state index in [9.17, 15) is 17.6 Å². The molecule has 2 fully saturated rings. The van der Waals surface area contributed by atoms with E-state index in [0.29, 0.717) is 24.9 Å². The zero-order chi connectivity index (χ0) is 24.8. The molecule has 1 N–H and O–H groups in total. The van der Waals surface area contributed by atoms with Crippen molar-refractivity contribution in [3.05, 3.63) is 47.1 Å². The molecule has 7 nitrogen and oxygen atoms in total. The van der Waals surface area contributed by atoms with Gasteiger partial charge in [0.05, 0.1) is 5.92 Å². The predicted molar refractivity (Wildman–Crippen MR) is 132 cm³/mol. The van der Waals surface area contributed by atoms with Gasteiger partial charge in [0.1, 0.15) is 11.5 Å². The van der Waals surface area contributed by atoms with E-state index in [4.69, 9.17) is 4.52 Å². The molecule has 2 aliphatic rings. The number of hydrogen-bond acceptors (Lipinski definition) is 5. The molecule has 0 spiro atoms. The van der Waals surface area contributed by atoms with Gasteiger partial charge in [-0.3, -0.25) is 4.79 Å². The fraction of sp³-hybridized carbons (Fsp3) is 0.538. The summed E-state index contributed by atoms with van der Waals surface area (Å²) in [4.78, 5) is 13.0. The highest BCUT2D eigenvalue weighted by molar-refractivity contribution is 7.89. The molecule has 1 aromatic heterocycles. The number of benzene rings is 1. The number of aryl methyl sites for hydroxylation is 1. The Bertz CT molecular complexity index is 1150. The molecular weight excluding hydrogens is 469 g/mol. The fourth-order valence-corrected chi connectivity index (χ4v) is 6.77. The lowest BCUT2D eigenvalue weighted by Crippen LogP contribution is -2.47. The van der Waals surface area contributed by atoms with Crippen LogP contribution in [-0.2, 0) is 14.8 Å². The molecule has 1 aromatic carbocycles. The summed E-state index contributed by atoms with van der Waals surface area (Å²) in [6, 6.07) is 6.37. The van der Waals surface area contributed by atoms with Crippen LogP contribution in [0.5, 0.6) is 0 Å². The number of carbonyl (C=O) groups excluding carboxylic acids is 1. The first-order valence-corrected chi connectivity index (χ1v) is 14.0. The molecule has 1 unspecified atom stereocenters. The van der Waals surface area contributed by atoms with Crippen molar-refractivity contribution in [3.8, 4) is 0 Å². The standard InChI is InChI=1S/C26H34FN3O4S/c1-19-25(24(34-29-19)16-15-20-10-7-8-14-23(20)27)35(32,33)30-17-9-11-21(18-30)26(31)28-22-12-5-3-2-4-6-13-22/h7-8,10,14-16,21-22H,2-6,9,11-13,17-18H2,1H3,(H,28,31)/b16-15+. The van der Waals surface area contributed by atoms with Crippen molar-refractivity contribution in [1.29, 1.82) is 0 Å². The Labute approximate surface area is 206 Å². The third-order valence-electron chi connectivity index (χ3n) is 6.96. The fourth-order valence-electron chi connectivity index (χ4n) is 5.00. The lowest BCUT2D eigenvalue weighted by atomic mass is 9.94. The Morgan fingerprint density at radius 2 is 1.80 bits per heavy atom. The summed E-state index contributed by atoms with van der Waals surface area (Å²) < 4.78 is 47.8. The minimum atomic E-state index is -3.95. The van der Waals surface area contributed by atoms with Crippen molar-refractivity contribution in [2.75, 3.05) is 13.1 Å². The second-order valence-electron chi connectivity index (χ2n) is 9.57. The number of amides is 1. The van der Waals surface area contributed by atoms with Gasteiger partial charge in [-0.25, -0.2) is 12.8 Å². The third kappa shape index (κ3) is 6.19. The topological polar surface area (TPSA) is 92.5 Å². The van der Waals surface area contributed by atoms with E-state index in [-0.39, 0.29) is 40.8 Å². The summed E-state index contributed by atoms with van der Waals surface area (Å²) in [5.74, 6) is -0.816. The minimum absolute atomic E-state index is 0.0360. The van der Waals surface area contributed by atoms with Gasteiger partial charge >= 0.3 is 0 Å². The zero-order valence-corrected chi connectivity index (χ0v) is 21.0. The molecule has 1 saturated heterocycles. The zero-order valence-electron chi connectivity index (χ0n) is 20.2. The molecular formula is C26H34FN3O4S.